The Morgan fingerprint density at radius 1 is 1.17 bits per heavy atom. The quantitative estimate of drug-likeness (QED) is 0.432. The number of aromatic nitrogens is 4. The zero-order chi connectivity index (χ0) is 20.6. The fraction of sp³-hybridized carbons (Fsp3) is 0.364. The Bertz CT molecular complexity index is 931. The lowest BCUT2D eigenvalue weighted by atomic mass is 10.1. The first-order chi connectivity index (χ1) is 14.8. The maximum absolute atomic E-state index is 4.80. The van der Waals surface area contributed by atoms with Crippen LogP contribution in [0.3, 0.4) is 0 Å². The Labute approximate surface area is 176 Å². The third kappa shape index (κ3) is 5.14. The van der Waals surface area contributed by atoms with Crippen LogP contribution in [-0.2, 0) is 6.54 Å². The third-order valence-electron chi connectivity index (χ3n) is 5.19. The summed E-state index contributed by atoms with van der Waals surface area (Å²) in [6.45, 7) is 5.51. The van der Waals surface area contributed by atoms with E-state index in [0.717, 1.165) is 61.2 Å². The van der Waals surface area contributed by atoms with Crippen molar-refractivity contribution in [2.75, 3.05) is 24.5 Å². The van der Waals surface area contributed by atoms with Crippen LogP contribution in [0.2, 0.25) is 0 Å². The van der Waals surface area contributed by atoms with E-state index < -0.39 is 0 Å². The molecule has 3 heterocycles. The van der Waals surface area contributed by atoms with Gasteiger partial charge in [-0.2, -0.15) is 5.10 Å². The van der Waals surface area contributed by atoms with Crippen LogP contribution in [0.1, 0.15) is 25.3 Å². The smallest absolute Gasteiger partial charge is 0.191 e. The molecule has 1 saturated heterocycles. The molecule has 0 radical (unpaired) electrons. The van der Waals surface area contributed by atoms with Crippen molar-refractivity contribution < 1.29 is 0 Å². The highest BCUT2D eigenvalue weighted by atomic mass is 15.2. The van der Waals surface area contributed by atoms with Gasteiger partial charge in [-0.1, -0.05) is 24.3 Å². The largest absolute Gasteiger partial charge is 0.357 e. The van der Waals surface area contributed by atoms with Crippen LogP contribution in [0.4, 0.5) is 5.82 Å². The predicted molar refractivity (Wildman–Crippen MR) is 119 cm³/mol. The van der Waals surface area contributed by atoms with Gasteiger partial charge >= 0.3 is 0 Å². The Morgan fingerprint density at radius 3 is 2.80 bits per heavy atom. The van der Waals surface area contributed by atoms with Crippen molar-refractivity contribution in [2.24, 2.45) is 4.99 Å². The Balaban J connectivity index is 1.35. The van der Waals surface area contributed by atoms with E-state index in [1.807, 2.05) is 30.5 Å². The minimum Gasteiger partial charge on any atom is -0.357 e. The van der Waals surface area contributed by atoms with Crippen LogP contribution in [0, 0.1) is 0 Å². The lowest BCUT2D eigenvalue weighted by molar-refractivity contribution is 0.459. The van der Waals surface area contributed by atoms with E-state index in [-0.39, 0.29) is 0 Å². The van der Waals surface area contributed by atoms with E-state index in [1.165, 1.54) is 6.33 Å². The van der Waals surface area contributed by atoms with Gasteiger partial charge in [0.15, 0.2) is 11.8 Å². The van der Waals surface area contributed by atoms with E-state index in [2.05, 4.69) is 60.8 Å². The molecule has 8 heteroatoms. The molecule has 2 aromatic heterocycles. The number of aliphatic imine (C=N–C) groups is 1. The second-order valence-electron chi connectivity index (χ2n) is 7.32. The Hall–Kier alpha value is -3.42. The molecular formula is C22H28N8. The highest BCUT2D eigenvalue weighted by Gasteiger charge is 2.20. The molecule has 0 amide bonds. The molecule has 0 aliphatic carbocycles. The van der Waals surface area contributed by atoms with Crippen molar-refractivity contribution in [3.05, 3.63) is 60.6 Å². The van der Waals surface area contributed by atoms with Gasteiger partial charge in [0.2, 0.25) is 0 Å². The summed E-state index contributed by atoms with van der Waals surface area (Å²) in [6.07, 6.45) is 5.49. The minimum absolute atomic E-state index is 0.406. The highest BCUT2D eigenvalue weighted by molar-refractivity contribution is 5.80. The molecular weight excluding hydrogens is 376 g/mol. The van der Waals surface area contributed by atoms with Crippen LogP contribution in [0.5, 0.6) is 0 Å². The average molecular weight is 405 g/mol. The number of pyridine rings is 1. The van der Waals surface area contributed by atoms with E-state index in [4.69, 9.17) is 4.99 Å². The molecule has 0 unspecified atom stereocenters. The van der Waals surface area contributed by atoms with Crippen molar-refractivity contribution >= 4 is 11.8 Å². The molecule has 0 bridgehead atoms. The van der Waals surface area contributed by atoms with Crippen molar-refractivity contribution in [1.29, 1.82) is 0 Å². The molecule has 156 valence electrons. The number of hydrogen-bond donors (Lipinski definition) is 3. The van der Waals surface area contributed by atoms with Gasteiger partial charge in [-0.3, -0.25) is 5.10 Å². The van der Waals surface area contributed by atoms with Gasteiger partial charge in [-0.25, -0.2) is 15.0 Å². The predicted octanol–water partition coefficient (Wildman–Crippen LogP) is 2.59. The van der Waals surface area contributed by atoms with E-state index >= 15 is 0 Å². The Kier molecular flexibility index (Phi) is 6.54. The number of anilines is 1. The summed E-state index contributed by atoms with van der Waals surface area (Å²) >= 11 is 0. The first kappa shape index (κ1) is 19.9. The fourth-order valence-corrected chi connectivity index (χ4v) is 3.64. The van der Waals surface area contributed by atoms with Crippen molar-refractivity contribution in [2.45, 2.75) is 32.4 Å². The van der Waals surface area contributed by atoms with Gasteiger partial charge < -0.3 is 15.5 Å². The molecule has 0 atom stereocenters. The molecule has 1 aliphatic heterocycles. The summed E-state index contributed by atoms with van der Waals surface area (Å²) in [5.41, 5.74) is 2.14. The number of rotatable bonds is 6. The van der Waals surface area contributed by atoms with Gasteiger partial charge in [-0.05, 0) is 43.5 Å². The van der Waals surface area contributed by atoms with Crippen LogP contribution in [0.25, 0.3) is 11.4 Å². The first-order valence-electron chi connectivity index (χ1n) is 10.5. The van der Waals surface area contributed by atoms with Gasteiger partial charge in [0, 0.05) is 37.4 Å². The van der Waals surface area contributed by atoms with Gasteiger partial charge in [0.1, 0.15) is 12.1 Å². The molecule has 3 N–H and O–H groups in total. The second-order valence-corrected chi connectivity index (χ2v) is 7.32. The number of nitrogens with zero attached hydrogens (tertiary/aromatic N) is 5. The molecule has 3 aromatic rings. The summed E-state index contributed by atoms with van der Waals surface area (Å²) in [6, 6.07) is 14.7. The van der Waals surface area contributed by atoms with E-state index in [1.54, 1.807) is 0 Å². The van der Waals surface area contributed by atoms with Crippen molar-refractivity contribution in [3.8, 4) is 11.4 Å². The second kappa shape index (κ2) is 9.87. The number of piperidine rings is 1. The number of hydrogen-bond acceptors (Lipinski definition) is 5. The number of nitrogens with one attached hydrogen (secondary N) is 3. The van der Waals surface area contributed by atoms with Gasteiger partial charge in [0.05, 0.1) is 6.54 Å². The summed E-state index contributed by atoms with van der Waals surface area (Å²) in [4.78, 5) is 15.8. The first-order valence-corrected chi connectivity index (χ1v) is 10.5. The van der Waals surface area contributed by atoms with Crippen LogP contribution < -0.4 is 15.5 Å². The molecule has 0 spiro atoms. The van der Waals surface area contributed by atoms with E-state index in [0.29, 0.717) is 12.6 Å². The van der Waals surface area contributed by atoms with Crippen LogP contribution >= 0.6 is 0 Å². The number of guanidine groups is 1. The lowest BCUT2D eigenvalue weighted by Gasteiger charge is -2.33. The van der Waals surface area contributed by atoms with E-state index in [9.17, 15) is 0 Å². The topological polar surface area (TPSA) is 94.1 Å². The van der Waals surface area contributed by atoms with Crippen LogP contribution in [0.15, 0.2) is 60.0 Å². The SMILES string of the molecule is CCNC(=NCc1cccc(-c2ncn[nH]2)c1)NC1CCN(c2ccccn2)CC1. The maximum Gasteiger partial charge on any atom is 0.191 e. The molecule has 1 aliphatic rings. The summed E-state index contributed by atoms with van der Waals surface area (Å²) in [5, 5.41) is 13.8. The molecule has 8 nitrogen and oxygen atoms in total. The van der Waals surface area contributed by atoms with Gasteiger partial charge in [-0.15, -0.1) is 0 Å². The van der Waals surface area contributed by atoms with Gasteiger partial charge in [0.25, 0.3) is 0 Å². The summed E-state index contributed by atoms with van der Waals surface area (Å²) in [7, 11) is 0. The zero-order valence-corrected chi connectivity index (χ0v) is 17.3. The number of H-pyrrole nitrogens is 1. The minimum atomic E-state index is 0.406. The maximum atomic E-state index is 4.80. The monoisotopic (exact) mass is 404 g/mol. The summed E-state index contributed by atoms with van der Waals surface area (Å²) < 4.78 is 0. The van der Waals surface area contributed by atoms with Crippen molar-refractivity contribution in [3.63, 3.8) is 0 Å². The fourth-order valence-electron chi connectivity index (χ4n) is 3.64. The Morgan fingerprint density at radius 2 is 2.07 bits per heavy atom. The number of benzene rings is 1. The lowest BCUT2D eigenvalue weighted by Crippen LogP contribution is -2.48. The van der Waals surface area contributed by atoms with Crippen LogP contribution in [-0.4, -0.2) is 51.8 Å². The molecule has 4 rings (SSSR count). The molecule has 1 fully saturated rings. The zero-order valence-electron chi connectivity index (χ0n) is 17.3. The van der Waals surface area contributed by atoms with Crippen molar-refractivity contribution in [1.82, 2.24) is 30.8 Å². The molecule has 0 saturated carbocycles. The summed E-state index contributed by atoms with van der Waals surface area (Å²) in [5.74, 6) is 2.69. The molecule has 1 aromatic carbocycles. The highest BCUT2D eigenvalue weighted by Crippen LogP contribution is 2.18. The normalized spacial score (nSPS) is 15.2. The standard InChI is InChI=1S/C22H28N8/c1-2-23-22(25-15-17-6-5-7-18(14-17)21-26-16-27-29-21)28-19-9-12-30(13-10-19)20-8-3-4-11-24-20/h3-8,11,14,16,19H,2,9-10,12-13,15H2,1H3,(H2,23,25,28)(H,26,27,29). The number of aromatic amines is 1. The average Bonchev–Trinajstić information content (AvgIpc) is 3.34. The molecule has 30 heavy (non-hydrogen) atoms. The third-order valence-corrected chi connectivity index (χ3v) is 5.19.